The van der Waals surface area contributed by atoms with E-state index in [0.29, 0.717) is 25.2 Å². The van der Waals surface area contributed by atoms with Crippen molar-refractivity contribution in [2.45, 2.75) is 45.2 Å². The van der Waals surface area contributed by atoms with E-state index in [1.54, 1.807) is 10.5 Å². The van der Waals surface area contributed by atoms with Crippen LogP contribution in [-0.4, -0.2) is 42.6 Å². The van der Waals surface area contributed by atoms with Gasteiger partial charge in [0.25, 0.3) is 10.0 Å². The molecule has 0 aliphatic carbocycles. The Hall–Kier alpha value is -0.920. The Bertz CT molecular complexity index is 550. The molecule has 0 atom stereocenters. The molecule has 0 spiro atoms. The lowest BCUT2D eigenvalue weighted by Crippen LogP contribution is -2.43. The monoisotopic (exact) mass is 300 g/mol. The third-order valence-electron chi connectivity index (χ3n) is 3.71. The van der Waals surface area contributed by atoms with Crippen molar-refractivity contribution in [3.05, 3.63) is 11.8 Å². The summed E-state index contributed by atoms with van der Waals surface area (Å²) in [5.41, 5.74) is 0.739. The molecular weight excluding hydrogens is 276 g/mol. The molecule has 1 aliphatic rings. The molecule has 20 heavy (non-hydrogen) atoms. The molecule has 2 rings (SSSR count). The summed E-state index contributed by atoms with van der Waals surface area (Å²) in [4.78, 5) is 0. The van der Waals surface area contributed by atoms with E-state index in [1.165, 1.54) is 0 Å². The van der Waals surface area contributed by atoms with Gasteiger partial charge in [-0.2, -0.15) is 9.40 Å². The summed E-state index contributed by atoms with van der Waals surface area (Å²) >= 11 is 0. The molecule has 1 saturated heterocycles. The molecule has 1 fully saturated rings. The van der Waals surface area contributed by atoms with Crippen LogP contribution in [0.25, 0.3) is 0 Å². The average molecular weight is 300 g/mol. The summed E-state index contributed by atoms with van der Waals surface area (Å²) < 4.78 is 27.1. The number of H-pyrrole nitrogens is 1. The minimum absolute atomic E-state index is 0.0349. The van der Waals surface area contributed by atoms with Gasteiger partial charge in [-0.1, -0.05) is 20.8 Å². The van der Waals surface area contributed by atoms with Gasteiger partial charge in [0.2, 0.25) is 0 Å². The minimum atomic E-state index is -3.48. The van der Waals surface area contributed by atoms with E-state index in [9.17, 15) is 8.42 Å². The van der Waals surface area contributed by atoms with Gasteiger partial charge < -0.3 is 5.32 Å². The highest BCUT2D eigenvalue weighted by atomic mass is 32.2. The summed E-state index contributed by atoms with van der Waals surface area (Å²) in [5, 5.41) is 9.93. The molecular formula is C13H24N4O2S. The lowest BCUT2D eigenvalue weighted by molar-refractivity contribution is 0.186. The minimum Gasteiger partial charge on any atom is -0.313 e. The zero-order chi connectivity index (χ0) is 14.8. The van der Waals surface area contributed by atoms with Gasteiger partial charge in [0.15, 0.2) is 5.03 Å². The maximum atomic E-state index is 12.7. The van der Waals surface area contributed by atoms with Gasteiger partial charge in [0, 0.05) is 25.2 Å². The molecule has 0 bridgehead atoms. The summed E-state index contributed by atoms with van der Waals surface area (Å²) in [7, 11) is -3.48. The van der Waals surface area contributed by atoms with Gasteiger partial charge >= 0.3 is 0 Å². The second kappa shape index (κ2) is 5.83. The predicted molar refractivity (Wildman–Crippen MR) is 77.7 cm³/mol. The molecule has 6 nitrogen and oxygen atoms in total. The summed E-state index contributed by atoms with van der Waals surface area (Å²) in [5.74, 6) is 0. The third kappa shape index (κ3) is 3.21. The Morgan fingerprint density at radius 1 is 1.50 bits per heavy atom. The number of nitrogens with zero attached hydrogens (tertiary/aromatic N) is 2. The van der Waals surface area contributed by atoms with Crippen LogP contribution in [0.15, 0.2) is 11.2 Å². The van der Waals surface area contributed by atoms with Gasteiger partial charge in [-0.15, -0.1) is 0 Å². The van der Waals surface area contributed by atoms with Crippen LogP contribution in [0.5, 0.6) is 0 Å². The highest BCUT2D eigenvalue weighted by Crippen LogP contribution is 2.31. The van der Waals surface area contributed by atoms with Gasteiger partial charge in [0.05, 0.1) is 6.20 Å². The predicted octanol–water partition coefficient (Wildman–Crippen LogP) is 1.33. The zero-order valence-corrected chi connectivity index (χ0v) is 13.3. The summed E-state index contributed by atoms with van der Waals surface area (Å²) in [6.45, 7) is 8.67. The SMILES string of the molecule is CCNCc1cn[nH]c1S(=O)(=O)N1CCCC(C)(C)C1. The fourth-order valence-corrected chi connectivity index (χ4v) is 4.38. The first kappa shape index (κ1) is 15.5. The molecule has 0 aromatic carbocycles. The normalized spacial score (nSPS) is 20.1. The maximum Gasteiger partial charge on any atom is 0.260 e. The van der Waals surface area contributed by atoms with Crippen molar-refractivity contribution in [1.82, 2.24) is 19.8 Å². The van der Waals surface area contributed by atoms with E-state index in [-0.39, 0.29) is 10.4 Å². The molecule has 0 unspecified atom stereocenters. The molecule has 0 saturated carbocycles. The number of nitrogens with one attached hydrogen (secondary N) is 2. The van der Waals surface area contributed by atoms with E-state index in [2.05, 4.69) is 29.4 Å². The van der Waals surface area contributed by atoms with Crippen LogP contribution in [0.1, 0.15) is 39.2 Å². The van der Waals surface area contributed by atoms with Gasteiger partial charge in [-0.25, -0.2) is 8.42 Å². The lowest BCUT2D eigenvalue weighted by Gasteiger charge is -2.36. The van der Waals surface area contributed by atoms with Crippen LogP contribution in [-0.2, 0) is 16.6 Å². The zero-order valence-electron chi connectivity index (χ0n) is 12.4. The lowest BCUT2D eigenvalue weighted by atomic mass is 9.85. The Labute approximate surface area is 121 Å². The number of piperidine rings is 1. The molecule has 0 radical (unpaired) electrons. The second-order valence-electron chi connectivity index (χ2n) is 6.11. The van der Waals surface area contributed by atoms with E-state index in [0.717, 1.165) is 19.4 Å². The first-order chi connectivity index (χ1) is 9.37. The molecule has 2 heterocycles. The largest absolute Gasteiger partial charge is 0.313 e. The van der Waals surface area contributed by atoms with Gasteiger partial charge in [-0.05, 0) is 24.8 Å². The molecule has 1 aromatic heterocycles. The van der Waals surface area contributed by atoms with Gasteiger partial charge in [-0.3, -0.25) is 5.10 Å². The van der Waals surface area contributed by atoms with Crippen molar-refractivity contribution in [2.24, 2.45) is 5.41 Å². The standard InChI is InChI=1S/C13H24N4O2S/c1-4-14-8-11-9-15-16-12(11)20(18,19)17-7-5-6-13(2,3)10-17/h9,14H,4-8,10H2,1-3H3,(H,15,16). The average Bonchev–Trinajstić information content (AvgIpc) is 2.84. The third-order valence-corrected chi connectivity index (χ3v) is 5.57. The van der Waals surface area contributed by atoms with E-state index in [4.69, 9.17) is 0 Å². The van der Waals surface area contributed by atoms with Crippen molar-refractivity contribution < 1.29 is 8.42 Å². The summed E-state index contributed by atoms with van der Waals surface area (Å²) in [6, 6.07) is 0. The van der Waals surface area contributed by atoms with Crippen LogP contribution < -0.4 is 5.32 Å². The molecule has 1 aliphatic heterocycles. The Kier molecular flexibility index (Phi) is 4.51. The number of hydrogen-bond donors (Lipinski definition) is 2. The quantitative estimate of drug-likeness (QED) is 0.860. The van der Waals surface area contributed by atoms with Crippen LogP contribution in [0.2, 0.25) is 0 Å². The van der Waals surface area contributed by atoms with E-state index in [1.807, 2.05) is 6.92 Å². The maximum absolute atomic E-state index is 12.7. The van der Waals surface area contributed by atoms with Gasteiger partial charge in [0.1, 0.15) is 0 Å². The van der Waals surface area contributed by atoms with Crippen molar-refractivity contribution in [3.63, 3.8) is 0 Å². The van der Waals surface area contributed by atoms with E-state index >= 15 is 0 Å². The summed E-state index contributed by atoms with van der Waals surface area (Å²) in [6.07, 6.45) is 3.56. The highest BCUT2D eigenvalue weighted by molar-refractivity contribution is 7.89. The van der Waals surface area contributed by atoms with Crippen LogP contribution in [0.3, 0.4) is 0 Å². The van der Waals surface area contributed by atoms with Crippen molar-refractivity contribution in [3.8, 4) is 0 Å². The molecule has 2 N–H and O–H groups in total. The van der Waals surface area contributed by atoms with E-state index < -0.39 is 10.0 Å². The highest BCUT2D eigenvalue weighted by Gasteiger charge is 2.35. The Morgan fingerprint density at radius 2 is 2.25 bits per heavy atom. The fraction of sp³-hybridized carbons (Fsp3) is 0.769. The smallest absolute Gasteiger partial charge is 0.260 e. The molecule has 1 aromatic rings. The van der Waals surface area contributed by atoms with Crippen molar-refractivity contribution in [2.75, 3.05) is 19.6 Å². The molecule has 114 valence electrons. The Balaban J connectivity index is 2.24. The van der Waals surface area contributed by atoms with Crippen LogP contribution in [0.4, 0.5) is 0 Å². The number of hydrogen-bond acceptors (Lipinski definition) is 4. The number of rotatable bonds is 5. The molecule has 0 amide bonds. The molecule has 7 heteroatoms. The van der Waals surface area contributed by atoms with Crippen molar-refractivity contribution in [1.29, 1.82) is 0 Å². The van der Waals surface area contributed by atoms with Crippen LogP contribution in [0, 0.1) is 5.41 Å². The number of aromatic amines is 1. The first-order valence-corrected chi connectivity index (χ1v) is 8.54. The second-order valence-corrected chi connectivity index (χ2v) is 7.99. The fourth-order valence-electron chi connectivity index (χ4n) is 2.61. The topological polar surface area (TPSA) is 78.1 Å². The Morgan fingerprint density at radius 3 is 2.90 bits per heavy atom. The number of aromatic nitrogens is 2. The first-order valence-electron chi connectivity index (χ1n) is 7.10. The van der Waals surface area contributed by atoms with Crippen LogP contribution >= 0.6 is 0 Å². The van der Waals surface area contributed by atoms with Crippen molar-refractivity contribution >= 4 is 10.0 Å². The number of sulfonamides is 1.